The van der Waals surface area contributed by atoms with E-state index in [2.05, 4.69) is 15.3 Å². The zero-order chi connectivity index (χ0) is 12.1. The Bertz CT molecular complexity index is 495. The summed E-state index contributed by atoms with van der Waals surface area (Å²) in [6.07, 6.45) is 1.56. The molecule has 86 valence electrons. The molecule has 0 aromatic heterocycles. The van der Waals surface area contributed by atoms with Crippen molar-refractivity contribution in [3.8, 4) is 0 Å². The highest BCUT2D eigenvalue weighted by atomic mass is 32.2. The number of hydrogen-bond donors (Lipinski definition) is 2. The van der Waals surface area contributed by atoms with E-state index in [0.717, 1.165) is 5.56 Å². The number of amides is 1. The smallest absolute Gasteiger partial charge is 0.244 e. The van der Waals surface area contributed by atoms with Crippen LogP contribution < -0.4 is 5.32 Å². The van der Waals surface area contributed by atoms with Gasteiger partial charge >= 0.3 is 0 Å². The van der Waals surface area contributed by atoms with E-state index < -0.39 is 0 Å². The topological polar surface area (TPSA) is 77.7 Å². The van der Waals surface area contributed by atoms with Crippen molar-refractivity contribution in [1.29, 1.82) is 5.41 Å². The van der Waals surface area contributed by atoms with Crippen LogP contribution in [0.25, 0.3) is 0 Å². The van der Waals surface area contributed by atoms with Crippen molar-refractivity contribution in [2.24, 2.45) is 9.98 Å². The summed E-state index contributed by atoms with van der Waals surface area (Å²) in [7, 11) is 0. The standard InChI is InChI=1S/C11H10N4OS/c12-10(15-11-14-9(16)7-17-11)13-6-8-4-2-1-3-5-8/h1-6H,7H2,(H2,12,14,15,16). The molecule has 1 fully saturated rings. The maximum atomic E-state index is 10.9. The summed E-state index contributed by atoms with van der Waals surface area (Å²) in [6, 6.07) is 9.47. The van der Waals surface area contributed by atoms with Gasteiger partial charge in [-0.25, -0.2) is 4.99 Å². The first-order chi connectivity index (χ1) is 8.24. The molecule has 0 aliphatic carbocycles. The Labute approximate surface area is 103 Å². The minimum Gasteiger partial charge on any atom is -0.304 e. The van der Waals surface area contributed by atoms with E-state index in [-0.39, 0.29) is 11.9 Å². The molecular formula is C11H10N4OS. The Morgan fingerprint density at radius 1 is 1.41 bits per heavy atom. The second-order valence-corrected chi connectivity index (χ2v) is 4.21. The van der Waals surface area contributed by atoms with Crippen molar-refractivity contribution in [3.05, 3.63) is 35.9 Å². The Kier molecular flexibility index (Phi) is 3.66. The van der Waals surface area contributed by atoms with Gasteiger partial charge in [0.1, 0.15) is 0 Å². The molecule has 2 N–H and O–H groups in total. The Morgan fingerprint density at radius 3 is 2.82 bits per heavy atom. The number of hydrogen-bond acceptors (Lipinski definition) is 3. The minimum absolute atomic E-state index is 0.0893. The van der Waals surface area contributed by atoms with E-state index in [0.29, 0.717) is 10.9 Å². The lowest BCUT2D eigenvalue weighted by atomic mass is 10.2. The molecule has 1 aliphatic heterocycles. The molecule has 6 heteroatoms. The van der Waals surface area contributed by atoms with E-state index in [1.807, 2.05) is 30.3 Å². The number of aliphatic imine (C=N–C) groups is 2. The van der Waals surface area contributed by atoms with Crippen molar-refractivity contribution < 1.29 is 4.79 Å². The zero-order valence-electron chi connectivity index (χ0n) is 8.88. The third kappa shape index (κ3) is 3.53. The fourth-order valence-electron chi connectivity index (χ4n) is 1.19. The lowest BCUT2D eigenvalue weighted by molar-refractivity contribution is -0.116. The van der Waals surface area contributed by atoms with Crippen molar-refractivity contribution in [2.45, 2.75) is 0 Å². The van der Waals surface area contributed by atoms with Crippen molar-refractivity contribution in [1.82, 2.24) is 5.32 Å². The van der Waals surface area contributed by atoms with Gasteiger partial charge in [0.05, 0.1) is 5.75 Å². The monoisotopic (exact) mass is 246 g/mol. The molecule has 0 radical (unpaired) electrons. The number of rotatable bonds is 1. The molecule has 1 aliphatic rings. The van der Waals surface area contributed by atoms with Crippen molar-refractivity contribution >= 4 is 35.0 Å². The third-order valence-electron chi connectivity index (χ3n) is 1.93. The Balaban J connectivity index is 1.98. The van der Waals surface area contributed by atoms with Crippen LogP contribution in [0.15, 0.2) is 40.3 Å². The average molecular weight is 246 g/mol. The van der Waals surface area contributed by atoms with Gasteiger partial charge in [0.15, 0.2) is 5.17 Å². The summed E-state index contributed by atoms with van der Waals surface area (Å²) in [5, 5.41) is 10.5. The molecule has 2 rings (SSSR count). The number of carbonyl (C=O) groups excluding carboxylic acids is 1. The molecule has 0 atom stereocenters. The molecule has 17 heavy (non-hydrogen) atoms. The van der Waals surface area contributed by atoms with Crippen LogP contribution >= 0.6 is 11.8 Å². The van der Waals surface area contributed by atoms with Crippen LogP contribution in [0.4, 0.5) is 0 Å². The van der Waals surface area contributed by atoms with Gasteiger partial charge in [0, 0.05) is 6.21 Å². The fraction of sp³-hybridized carbons (Fsp3) is 0.0909. The highest BCUT2D eigenvalue weighted by molar-refractivity contribution is 8.15. The van der Waals surface area contributed by atoms with Gasteiger partial charge in [-0.1, -0.05) is 42.1 Å². The van der Waals surface area contributed by atoms with Crippen LogP contribution in [0.3, 0.4) is 0 Å². The van der Waals surface area contributed by atoms with E-state index in [1.54, 1.807) is 6.21 Å². The number of benzene rings is 1. The molecule has 1 aromatic carbocycles. The maximum Gasteiger partial charge on any atom is 0.244 e. The Hall–Kier alpha value is -1.95. The van der Waals surface area contributed by atoms with E-state index in [1.165, 1.54) is 11.8 Å². The fourth-order valence-corrected chi connectivity index (χ4v) is 1.86. The quantitative estimate of drug-likeness (QED) is 0.578. The van der Waals surface area contributed by atoms with Crippen molar-refractivity contribution in [2.75, 3.05) is 5.75 Å². The number of thioether (sulfide) groups is 1. The first kappa shape index (κ1) is 11.5. The Morgan fingerprint density at radius 2 is 2.18 bits per heavy atom. The SMILES string of the molecule is N=C(N=Cc1ccccc1)N=C1NC(=O)CS1. The van der Waals surface area contributed by atoms with Crippen LogP contribution in [0, 0.1) is 5.41 Å². The second-order valence-electron chi connectivity index (χ2n) is 3.25. The highest BCUT2D eigenvalue weighted by Crippen LogP contribution is 2.08. The van der Waals surface area contributed by atoms with Gasteiger partial charge in [-0.2, -0.15) is 4.99 Å². The summed E-state index contributed by atoms with van der Waals surface area (Å²) in [6.45, 7) is 0. The molecular weight excluding hydrogens is 236 g/mol. The van der Waals surface area contributed by atoms with Gasteiger partial charge in [-0.3, -0.25) is 10.2 Å². The van der Waals surface area contributed by atoms with Gasteiger partial charge in [0.2, 0.25) is 11.9 Å². The molecule has 5 nitrogen and oxygen atoms in total. The third-order valence-corrected chi connectivity index (χ3v) is 2.80. The van der Waals surface area contributed by atoms with E-state index in [4.69, 9.17) is 5.41 Å². The molecule has 0 spiro atoms. The van der Waals surface area contributed by atoms with Gasteiger partial charge in [-0.05, 0) is 5.56 Å². The van der Waals surface area contributed by atoms with Gasteiger partial charge < -0.3 is 5.32 Å². The largest absolute Gasteiger partial charge is 0.304 e. The normalized spacial score (nSPS) is 17.6. The van der Waals surface area contributed by atoms with Crippen LogP contribution in [-0.4, -0.2) is 29.0 Å². The number of amidine groups is 1. The molecule has 0 bridgehead atoms. The van der Waals surface area contributed by atoms with Crippen molar-refractivity contribution in [3.63, 3.8) is 0 Å². The zero-order valence-corrected chi connectivity index (χ0v) is 9.70. The first-order valence-electron chi connectivity index (χ1n) is 4.93. The van der Waals surface area contributed by atoms with Gasteiger partial charge in [-0.15, -0.1) is 0 Å². The molecule has 0 unspecified atom stereocenters. The molecule has 0 saturated carbocycles. The molecule has 1 amide bonds. The molecule has 1 saturated heterocycles. The lowest BCUT2D eigenvalue weighted by Gasteiger charge is -1.94. The maximum absolute atomic E-state index is 10.9. The van der Waals surface area contributed by atoms with E-state index in [9.17, 15) is 4.79 Å². The number of nitrogens with one attached hydrogen (secondary N) is 2. The first-order valence-corrected chi connectivity index (χ1v) is 5.91. The number of nitrogens with zero attached hydrogens (tertiary/aromatic N) is 2. The predicted molar refractivity (Wildman–Crippen MR) is 69.8 cm³/mol. The minimum atomic E-state index is -0.126. The molecule has 1 aromatic rings. The number of guanidine groups is 1. The number of carbonyl (C=O) groups is 1. The lowest BCUT2D eigenvalue weighted by Crippen LogP contribution is -2.20. The van der Waals surface area contributed by atoms with Crippen LogP contribution in [0.2, 0.25) is 0 Å². The highest BCUT2D eigenvalue weighted by Gasteiger charge is 2.16. The predicted octanol–water partition coefficient (Wildman–Crippen LogP) is 1.26. The van der Waals surface area contributed by atoms with Crippen LogP contribution in [0.5, 0.6) is 0 Å². The van der Waals surface area contributed by atoms with Gasteiger partial charge in [0.25, 0.3) is 0 Å². The average Bonchev–Trinajstić information content (AvgIpc) is 2.73. The summed E-state index contributed by atoms with van der Waals surface area (Å²) < 4.78 is 0. The second kappa shape index (κ2) is 5.40. The molecule has 1 heterocycles. The van der Waals surface area contributed by atoms with E-state index >= 15 is 0 Å². The summed E-state index contributed by atoms with van der Waals surface area (Å²) >= 11 is 1.28. The summed E-state index contributed by atoms with van der Waals surface area (Å²) in [5.74, 6) is 0.140. The van der Waals surface area contributed by atoms with Crippen LogP contribution in [-0.2, 0) is 4.79 Å². The summed E-state index contributed by atoms with van der Waals surface area (Å²) in [4.78, 5) is 18.7. The van der Waals surface area contributed by atoms with Crippen LogP contribution in [0.1, 0.15) is 5.56 Å². The summed E-state index contributed by atoms with van der Waals surface area (Å²) in [5.41, 5.74) is 0.903.